The predicted molar refractivity (Wildman–Crippen MR) is 143 cm³/mol. The number of nitrogens with zero attached hydrogens (tertiary/aromatic N) is 4. The van der Waals surface area contributed by atoms with E-state index < -0.39 is 0 Å². The number of nitriles is 1. The van der Waals surface area contributed by atoms with E-state index in [9.17, 15) is 15.2 Å². The summed E-state index contributed by atoms with van der Waals surface area (Å²) in [6, 6.07) is 10.7. The summed E-state index contributed by atoms with van der Waals surface area (Å²) in [6.45, 7) is 2.92. The topological polar surface area (TPSA) is 105 Å². The molecule has 11 heteroatoms. The highest BCUT2D eigenvalue weighted by Crippen LogP contribution is 2.48. The van der Waals surface area contributed by atoms with Gasteiger partial charge in [-0.25, -0.2) is 9.36 Å². The number of benzene rings is 2. The van der Waals surface area contributed by atoms with E-state index in [4.69, 9.17) is 33.3 Å². The molecule has 2 bridgehead atoms. The lowest BCUT2D eigenvalue weighted by Gasteiger charge is -2.30. The first-order valence-corrected chi connectivity index (χ1v) is 12.6. The van der Waals surface area contributed by atoms with Gasteiger partial charge >= 0.3 is 5.69 Å². The summed E-state index contributed by atoms with van der Waals surface area (Å²) in [6.07, 6.45) is 1.43. The molecule has 1 aromatic heterocycles. The summed E-state index contributed by atoms with van der Waals surface area (Å²) >= 11 is 12.0. The van der Waals surface area contributed by atoms with Crippen molar-refractivity contribution in [3.8, 4) is 29.1 Å². The minimum absolute atomic E-state index is 0.0978. The first-order valence-electron chi connectivity index (χ1n) is 11.8. The molecule has 1 fully saturated rings. The van der Waals surface area contributed by atoms with Crippen LogP contribution in [-0.4, -0.2) is 51.6 Å². The molecule has 3 heterocycles. The van der Waals surface area contributed by atoms with Crippen molar-refractivity contribution in [1.82, 2.24) is 19.4 Å². The van der Waals surface area contributed by atoms with Crippen molar-refractivity contribution in [1.29, 1.82) is 5.26 Å². The van der Waals surface area contributed by atoms with Crippen LogP contribution in [0.25, 0.3) is 5.69 Å². The summed E-state index contributed by atoms with van der Waals surface area (Å²) in [4.78, 5) is 15.4. The van der Waals surface area contributed by atoms with Gasteiger partial charge in [0.15, 0.2) is 16.6 Å². The van der Waals surface area contributed by atoms with Gasteiger partial charge in [0, 0.05) is 13.1 Å². The standard InChI is InChI=1S/C26H26ClN5O4S/c1-14-18(6-5-16(12-28)22(14)27)32-24(33)23-19-11-17(31(23)26(32)34)13-30(19)25(37)29-9-8-15-4-7-20(35-2)21(10-15)36-3/h4-7,10,17,19,33H,8-9,11,13H2,1-3H3,(H,29,37)/t17-,19-/m0/s1. The molecular weight excluding hydrogens is 514 g/mol. The Bertz CT molecular complexity index is 1510. The number of aromatic hydroxyl groups is 1. The quantitative estimate of drug-likeness (QED) is 0.458. The highest BCUT2D eigenvalue weighted by molar-refractivity contribution is 7.80. The van der Waals surface area contributed by atoms with E-state index in [1.165, 1.54) is 4.57 Å². The van der Waals surface area contributed by atoms with Gasteiger partial charge in [-0.3, -0.25) is 4.57 Å². The van der Waals surface area contributed by atoms with E-state index in [1.807, 2.05) is 29.2 Å². The first-order chi connectivity index (χ1) is 17.8. The minimum Gasteiger partial charge on any atom is -0.493 e. The fourth-order valence-electron chi connectivity index (χ4n) is 5.34. The predicted octanol–water partition coefficient (Wildman–Crippen LogP) is 3.61. The van der Waals surface area contributed by atoms with Crippen LogP contribution in [0.3, 0.4) is 0 Å². The highest BCUT2D eigenvalue weighted by atomic mass is 35.5. The number of hydrogen-bond acceptors (Lipinski definition) is 6. The maximum Gasteiger partial charge on any atom is 0.336 e. The van der Waals surface area contributed by atoms with Crippen molar-refractivity contribution in [3.63, 3.8) is 0 Å². The molecular formula is C26H26ClN5O4S. The second-order valence-electron chi connectivity index (χ2n) is 9.11. The molecule has 2 aliphatic heterocycles. The maximum atomic E-state index is 13.4. The molecule has 37 heavy (non-hydrogen) atoms. The van der Waals surface area contributed by atoms with E-state index in [2.05, 4.69) is 5.32 Å². The summed E-state index contributed by atoms with van der Waals surface area (Å²) in [5.74, 6) is 1.23. The van der Waals surface area contributed by atoms with Crippen LogP contribution in [0.4, 0.5) is 0 Å². The van der Waals surface area contributed by atoms with E-state index >= 15 is 0 Å². The Hall–Kier alpha value is -3.68. The fraction of sp³-hybridized carbons (Fsp3) is 0.346. The van der Waals surface area contributed by atoms with E-state index in [-0.39, 0.29) is 28.7 Å². The SMILES string of the molecule is COc1ccc(CCNC(=S)N2C[C@@H]3C[C@H]2c2c(O)n(-c4ccc(C#N)c(Cl)c4C)c(=O)n23)cc1OC. The average Bonchev–Trinajstić information content (AvgIpc) is 3.57. The van der Waals surface area contributed by atoms with Crippen molar-refractivity contribution >= 4 is 28.9 Å². The molecule has 0 unspecified atom stereocenters. The molecule has 2 atom stereocenters. The lowest BCUT2D eigenvalue weighted by Crippen LogP contribution is -2.43. The number of ether oxygens (including phenoxy) is 2. The van der Waals surface area contributed by atoms with Crippen LogP contribution in [-0.2, 0) is 6.42 Å². The number of rotatable bonds is 6. The maximum absolute atomic E-state index is 13.4. The number of halogens is 1. The zero-order valence-corrected chi connectivity index (χ0v) is 22.2. The lowest BCUT2D eigenvalue weighted by atomic mass is 10.1. The smallest absolute Gasteiger partial charge is 0.336 e. The van der Waals surface area contributed by atoms with Gasteiger partial charge in [0.05, 0.1) is 42.6 Å². The Kier molecular flexibility index (Phi) is 6.52. The third-order valence-corrected chi connectivity index (χ3v) is 8.04. The number of methoxy groups -OCH3 is 2. The number of fused-ring (bicyclic) bond motifs is 5. The Balaban J connectivity index is 1.34. The number of hydrogen-bond donors (Lipinski definition) is 2. The molecule has 0 aliphatic carbocycles. The zero-order chi connectivity index (χ0) is 26.4. The van der Waals surface area contributed by atoms with Crippen LogP contribution in [0.15, 0.2) is 35.1 Å². The summed E-state index contributed by atoms with van der Waals surface area (Å²) in [5, 5.41) is 24.6. The Morgan fingerprint density at radius 3 is 2.73 bits per heavy atom. The van der Waals surface area contributed by atoms with Gasteiger partial charge < -0.3 is 24.8 Å². The summed E-state index contributed by atoms with van der Waals surface area (Å²) in [7, 11) is 3.21. The normalized spacial score (nSPS) is 17.4. The lowest BCUT2D eigenvalue weighted by molar-refractivity contribution is 0.333. The molecule has 2 N–H and O–H groups in total. The average molecular weight is 540 g/mol. The number of nitrogens with one attached hydrogen (secondary N) is 1. The molecule has 0 saturated carbocycles. The second kappa shape index (κ2) is 9.65. The van der Waals surface area contributed by atoms with Crippen molar-refractivity contribution in [2.24, 2.45) is 0 Å². The van der Waals surface area contributed by atoms with Gasteiger partial charge in [-0.15, -0.1) is 0 Å². The molecule has 2 aliphatic rings. The van der Waals surface area contributed by atoms with Gasteiger partial charge in [-0.2, -0.15) is 5.26 Å². The zero-order valence-electron chi connectivity index (χ0n) is 20.6. The van der Waals surface area contributed by atoms with Gasteiger partial charge in [0.1, 0.15) is 11.8 Å². The molecule has 0 spiro atoms. The molecule has 3 aromatic rings. The van der Waals surface area contributed by atoms with Crippen LogP contribution in [0.1, 0.15) is 40.9 Å². The largest absolute Gasteiger partial charge is 0.493 e. The van der Waals surface area contributed by atoms with Crippen LogP contribution in [0.5, 0.6) is 17.4 Å². The third kappa shape index (κ3) is 3.99. The van der Waals surface area contributed by atoms with Crippen molar-refractivity contribution in [2.75, 3.05) is 27.3 Å². The number of imidazole rings is 1. The van der Waals surface area contributed by atoms with Gasteiger partial charge in [-0.1, -0.05) is 17.7 Å². The summed E-state index contributed by atoms with van der Waals surface area (Å²) < 4.78 is 13.6. The van der Waals surface area contributed by atoms with Gasteiger partial charge in [0.2, 0.25) is 5.88 Å². The first kappa shape index (κ1) is 25.0. The van der Waals surface area contributed by atoms with Gasteiger partial charge in [-0.05, 0) is 67.4 Å². The van der Waals surface area contributed by atoms with E-state index in [0.717, 1.165) is 12.0 Å². The molecule has 5 rings (SSSR count). The van der Waals surface area contributed by atoms with Crippen molar-refractivity contribution in [2.45, 2.75) is 31.8 Å². The summed E-state index contributed by atoms with van der Waals surface area (Å²) in [5.41, 5.74) is 2.63. The monoisotopic (exact) mass is 539 g/mol. The molecule has 9 nitrogen and oxygen atoms in total. The van der Waals surface area contributed by atoms with E-state index in [1.54, 1.807) is 37.8 Å². The van der Waals surface area contributed by atoms with Crippen LogP contribution in [0, 0.1) is 18.3 Å². The van der Waals surface area contributed by atoms with Crippen LogP contribution in [0.2, 0.25) is 5.02 Å². The molecule has 0 amide bonds. The minimum atomic E-state index is -0.323. The second-order valence-corrected chi connectivity index (χ2v) is 9.87. The fourth-order valence-corrected chi connectivity index (χ4v) is 5.85. The number of likely N-dealkylation sites (tertiary alicyclic amines) is 1. The molecule has 0 radical (unpaired) electrons. The van der Waals surface area contributed by atoms with Crippen molar-refractivity contribution < 1.29 is 14.6 Å². The van der Waals surface area contributed by atoms with Crippen molar-refractivity contribution in [3.05, 3.63) is 68.2 Å². The Morgan fingerprint density at radius 2 is 2.03 bits per heavy atom. The van der Waals surface area contributed by atoms with Crippen LogP contribution < -0.4 is 20.5 Å². The van der Waals surface area contributed by atoms with Gasteiger partial charge in [0.25, 0.3) is 0 Å². The molecule has 192 valence electrons. The Labute approximate surface area is 224 Å². The van der Waals surface area contributed by atoms with Crippen LogP contribution >= 0.6 is 23.8 Å². The highest BCUT2D eigenvalue weighted by Gasteiger charge is 2.48. The number of thiocarbonyl (C=S) groups is 1. The molecule has 2 aromatic carbocycles. The number of aromatic nitrogens is 2. The Morgan fingerprint density at radius 1 is 1.27 bits per heavy atom. The molecule has 1 saturated heterocycles. The third-order valence-electron chi connectivity index (χ3n) is 7.18. The van der Waals surface area contributed by atoms with E-state index in [0.29, 0.717) is 58.6 Å².